The molecule has 0 saturated carbocycles. The summed E-state index contributed by atoms with van der Waals surface area (Å²) in [5, 5.41) is 9.20. The standard InChI is InChI=1S/C25H33NO4/c27-25(28)20-24(26-16-7-2-8-17-26)30-19-9-18-29-23-13-6-5-12-22(23)15-14-21-10-3-1-4-11-21/h1,3-6,10-13,24H,2,7-9,14-20H2,(H,27,28). The lowest BCUT2D eigenvalue weighted by molar-refractivity contribution is -0.146. The van der Waals surface area contributed by atoms with Gasteiger partial charge >= 0.3 is 5.97 Å². The van der Waals surface area contributed by atoms with E-state index in [1.54, 1.807) is 0 Å². The molecule has 1 saturated heterocycles. The number of carboxylic acids is 1. The highest BCUT2D eigenvalue weighted by Crippen LogP contribution is 2.21. The first-order chi connectivity index (χ1) is 14.7. The largest absolute Gasteiger partial charge is 0.493 e. The molecule has 1 N–H and O–H groups in total. The molecule has 1 aliphatic rings. The number of piperidine rings is 1. The summed E-state index contributed by atoms with van der Waals surface area (Å²) in [7, 11) is 0. The highest BCUT2D eigenvalue weighted by Gasteiger charge is 2.23. The van der Waals surface area contributed by atoms with Gasteiger partial charge in [-0.15, -0.1) is 0 Å². The maximum atomic E-state index is 11.2. The highest BCUT2D eigenvalue weighted by molar-refractivity contribution is 5.67. The summed E-state index contributed by atoms with van der Waals surface area (Å²) in [6, 6.07) is 18.7. The first-order valence-electron chi connectivity index (χ1n) is 11.0. The van der Waals surface area contributed by atoms with E-state index in [1.807, 2.05) is 24.3 Å². The van der Waals surface area contributed by atoms with Crippen LogP contribution >= 0.6 is 0 Å². The molecular weight excluding hydrogens is 378 g/mol. The number of carbonyl (C=O) groups is 1. The first-order valence-corrected chi connectivity index (χ1v) is 11.0. The molecule has 5 nitrogen and oxygen atoms in total. The van der Waals surface area contributed by atoms with Crippen LogP contribution in [0.25, 0.3) is 0 Å². The van der Waals surface area contributed by atoms with Gasteiger partial charge in [-0.1, -0.05) is 55.0 Å². The topological polar surface area (TPSA) is 59.0 Å². The second kappa shape index (κ2) is 12.4. The fraction of sp³-hybridized carbons (Fsp3) is 0.480. The lowest BCUT2D eigenvalue weighted by atomic mass is 10.0. The number of hydrogen-bond donors (Lipinski definition) is 1. The predicted molar refractivity (Wildman–Crippen MR) is 118 cm³/mol. The molecule has 1 atom stereocenters. The zero-order chi connectivity index (χ0) is 21.0. The van der Waals surface area contributed by atoms with Gasteiger partial charge < -0.3 is 14.6 Å². The van der Waals surface area contributed by atoms with E-state index in [0.29, 0.717) is 13.2 Å². The quantitative estimate of drug-likeness (QED) is 0.520. The van der Waals surface area contributed by atoms with Gasteiger partial charge in [0.1, 0.15) is 12.0 Å². The normalized spacial score (nSPS) is 15.6. The smallest absolute Gasteiger partial charge is 0.307 e. The molecule has 2 aromatic carbocycles. The van der Waals surface area contributed by atoms with Crippen molar-refractivity contribution in [3.8, 4) is 5.75 Å². The Bertz CT molecular complexity index is 759. The summed E-state index contributed by atoms with van der Waals surface area (Å²) < 4.78 is 12.0. The molecular formula is C25H33NO4. The Kier molecular flexibility index (Phi) is 9.19. The minimum absolute atomic E-state index is 0.0309. The molecule has 0 bridgehead atoms. The second-order valence-corrected chi connectivity index (χ2v) is 7.82. The number of carboxylic acid groups (broad SMARTS) is 1. The first kappa shape index (κ1) is 22.3. The molecule has 0 radical (unpaired) electrons. The number of aryl methyl sites for hydroxylation is 2. The van der Waals surface area contributed by atoms with Crippen LogP contribution in [0.5, 0.6) is 5.75 Å². The van der Waals surface area contributed by atoms with Gasteiger partial charge in [-0.3, -0.25) is 9.69 Å². The average molecular weight is 412 g/mol. The zero-order valence-corrected chi connectivity index (χ0v) is 17.7. The number of likely N-dealkylation sites (tertiary alicyclic amines) is 1. The molecule has 0 aromatic heterocycles. The van der Waals surface area contributed by atoms with E-state index >= 15 is 0 Å². The summed E-state index contributed by atoms with van der Waals surface area (Å²) in [6.07, 6.45) is 5.79. The van der Waals surface area contributed by atoms with Crippen LogP contribution in [-0.2, 0) is 22.4 Å². The zero-order valence-electron chi connectivity index (χ0n) is 17.7. The molecule has 5 heteroatoms. The van der Waals surface area contributed by atoms with Crippen molar-refractivity contribution in [3.05, 3.63) is 65.7 Å². The second-order valence-electron chi connectivity index (χ2n) is 7.82. The van der Waals surface area contributed by atoms with Crippen LogP contribution in [0.3, 0.4) is 0 Å². The Morgan fingerprint density at radius 2 is 1.67 bits per heavy atom. The molecule has 0 aliphatic carbocycles. The Morgan fingerprint density at radius 3 is 2.43 bits per heavy atom. The number of para-hydroxylation sites is 1. The molecule has 3 rings (SSSR count). The van der Waals surface area contributed by atoms with Crippen molar-refractivity contribution in [2.24, 2.45) is 0 Å². The summed E-state index contributed by atoms with van der Waals surface area (Å²) >= 11 is 0. The van der Waals surface area contributed by atoms with E-state index < -0.39 is 5.97 Å². The molecule has 1 heterocycles. The summed E-state index contributed by atoms with van der Waals surface area (Å²) in [4.78, 5) is 13.4. The van der Waals surface area contributed by atoms with E-state index in [0.717, 1.165) is 50.9 Å². The van der Waals surface area contributed by atoms with Crippen LogP contribution in [0.4, 0.5) is 0 Å². The molecule has 1 fully saturated rings. The third-order valence-electron chi connectivity index (χ3n) is 5.50. The van der Waals surface area contributed by atoms with E-state index in [9.17, 15) is 9.90 Å². The number of hydrogen-bond acceptors (Lipinski definition) is 4. The van der Waals surface area contributed by atoms with Crippen LogP contribution in [0, 0.1) is 0 Å². The van der Waals surface area contributed by atoms with E-state index in [4.69, 9.17) is 9.47 Å². The van der Waals surface area contributed by atoms with E-state index in [1.165, 1.54) is 17.5 Å². The van der Waals surface area contributed by atoms with Crippen LogP contribution < -0.4 is 4.74 Å². The highest BCUT2D eigenvalue weighted by atomic mass is 16.5. The molecule has 1 aliphatic heterocycles. The van der Waals surface area contributed by atoms with Crippen molar-refractivity contribution in [2.45, 2.75) is 51.2 Å². The van der Waals surface area contributed by atoms with Gasteiger partial charge in [-0.05, 0) is 42.9 Å². The number of nitrogens with zero attached hydrogens (tertiary/aromatic N) is 1. The lowest BCUT2D eigenvalue weighted by Crippen LogP contribution is -2.42. The number of aliphatic carboxylic acids is 1. The number of benzene rings is 2. The molecule has 0 amide bonds. The molecule has 1 unspecified atom stereocenters. The van der Waals surface area contributed by atoms with Gasteiger partial charge in [0.05, 0.1) is 19.6 Å². The monoisotopic (exact) mass is 411 g/mol. The third kappa shape index (κ3) is 7.47. The third-order valence-corrected chi connectivity index (χ3v) is 5.50. The minimum Gasteiger partial charge on any atom is -0.493 e. The molecule has 30 heavy (non-hydrogen) atoms. The Morgan fingerprint density at radius 1 is 0.933 bits per heavy atom. The lowest BCUT2D eigenvalue weighted by Gasteiger charge is -2.33. The Labute approximate surface area is 179 Å². The number of ether oxygens (including phenoxy) is 2. The summed E-state index contributed by atoms with van der Waals surface area (Å²) in [6.45, 7) is 2.90. The van der Waals surface area contributed by atoms with Crippen LogP contribution in [0.15, 0.2) is 54.6 Å². The van der Waals surface area contributed by atoms with Crippen LogP contribution in [-0.4, -0.2) is 48.5 Å². The van der Waals surface area contributed by atoms with Crippen molar-refractivity contribution >= 4 is 5.97 Å². The van der Waals surface area contributed by atoms with Crippen LogP contribution in [0.1, 0.15) is 43.2 Å². The van der Waals surface area contributed by atoms with E-state index in [2.05, 4.69) is 35.2 Å². The SMILES string of the molecule is O=C(O)CC(OCCCOc1ccccc1CCc1ccccc1)N1CCCCC1. The van der Waals surface area contributed by atoms with Gasteiger partial charge in [0.25, 0.3) is 0 Å². The van der Waals surface area contributed by atoms with Crippen LogP contribution in [0.2, 0.25) is 0 Å². The van der Waals surface area contributed by atoms with Gasteiger partial charge in [0.2, 0.25) is 0 Å². The maximum Gasteiger partial charge on any atom is 0.307 e. The van der Waals surface area contributed by atoms with Gasteiger partial charge in [-0.2, -0.15) is 0 Å². The summed E-state index contributed by atoms with van der Waals surface area (Å²) in [5.74, 6) is 0.112. The molecule has 0 spiro atoms. The summed E-state index contributed by atoms with van der Waals surface area (Å²) in [5.41, 5.74) is 2.53. The fourth-order valence-corrected chi connectivity index (χ4v) is 3.88. The Hall–Kier alpha value is -2.37. The predicted octanol–water partition coefficient (Wildman–Crippen LogP) is 4.54. The van der Waals surface area contributed by atoms with Gasteiger partial charge in [0.15, 0.2) is 0 Å². The van der Waals surface area contributed by atoms with E-state index in [-0.39, 0.29) is 12.6 Å². The van der Waals surface area contributed by atoms with Gasteiger partial charge in [0, 0.05) is 19.5 Å². The molecule has 162 valence electrons. The maximum absolute atomic E-state index is 11.2. The molecule has 2 aromatic rings. The van der Waals surface area contributed by atoms with Crippen molar-refractivity contribution < 1.29 is 19.4 Å². The minimum atomic E-state index is -0.811. The fourth-order valence-electron chi connectivity index (χ4n) is 3.88. The van der Waals surface area contributed by atoms with Crippen molar-refractivity contribution in [3.63, 3.8) is 0 Å². The van der Waals surface area contributed by atoms with Crippen molar-refractivity contribution in [2.75, 3.05) is 26.3 Å². The van der Waals surface area contributed by atoms with Crippen molar-refractivity contribution in [1.82, 2.24) is 4.90 Å². The number of rotatable bonds is 12. The van der Waals surface area contributed by atoms with Crippen molar-refractivity contribution in [1.29, 1.82) is 0 Å². The van der Waals surface area contributed by atoms with Gasteiger partial charge in [-0.25, -0.2) is 0 Å². The Balaban J connectivity index is 1.42. The average Bonchev–Trinajstić information content (AvgIpc) is 2.78.